The summed E-state index contributed by atoms with van der Waals surface area (Å²) in [5.41, 5.74) is 3.76. The summed E-state index contributed by atoms with van der Waals surface area (Å²) in [5, 5.41) is 4.42. The lowest BCUT2D eigenvalue weighted by Crippen LogP contribution is -2.04. The highest BCUT2D eigenvalue weighted by molar-refractivity contribution is 8.14. The van der Waals surface area contributed by atoms with E-state index in [2.05, 4.69) is 60.8 Å². The molecule has 0 spiro atoms. The Balaban J connectivity index is 1.69. The van der Waals surface area contributed by atoms with Crippen molar-refractivity contribution in [2.45, 2.75) is 19.4 Å². The molecule has 0 amide bonds. The maximum atomic E-state index is 4.76. The summed E-state index contributed by atoms with van der Waals surface area (Å²) in [6.45, 7) is 2.17. The molecule has 0 bridgehead atoms. The van der Waals surface area contributed by atoms with Crippen molar-refractivity contribution in [3.8, 4) is 0 Å². The van der Waals surface area contributed by atoms with Crippen LogP contribution in [0.1, 0.15) is 24.1 Å². The van der Waals surface area contributed by atoms with E-state index in [1.165, 1.54) is 11.1 Å². The van der Waals surface area contributed by atoms with E-state index in [1.54, 1.807) is 11.8 Å². The van der Waals surface area contributed by atoms with Gasteiger partial charge in [-0.05, 0) is 29.7 Å². The number of aliphatic imine (C=N–C) groups is 1. The smallest absolute Gasteiger partial charge is 0.161 e. The van der Waals surface area contributed by atoms with Gasteiger partial charge in [0.25, 0.3) is 0 Å². The van der Waals surface area contributed by atoms with E-state index in [-0.39, 0.29) is 6.04 Å². The molecule has 0 saturated heterocycles. The highest BCUT2D eigenvalue weighted by atomic mass is 32.2. The van der Waals surface area contributed by atoms with Crippen molar-refractivity contribution < 1.29 is 0 Å². The number of rotatable bonds is 3. The van der Waals surface area contributed by atoms with Crippen molar-refractivity contribution in [2.24, 2.45) is 4.99 Å². The van der Waals surface area contributed by atoms with E-state index in [0.29, 0.717) is 0 Å². The van der Waals surface area contributed by atoms with E-state index >= 15 is 0 Å². The summed E-state index contributed by atoms with van der Waals surface area (Å²) in [5.74, 6) is 1.01. The lowest BCUT2D eigenvalue weighted by Gasteiger charge is -2.06. The molecule has 0 fully saturated rings. The van der Waals surface area contributed by atoms with Crippen molar-refractivity contribution in [3.63, 3.8) is 0 Å². The normalized spacial score (nSPS) is 17.9. The molecule has 3 heteroatoms. The minimum atomic E-state index is 0.276. The summed E-state index contributed by atoms with van der Waals surface area (Å²) in [7, 11) is 0. The van der Waals surface area contributed by atoms with Gasteiger partial charge in [0.15, 0.2) is 5.17 Å². The second-order valence-electron chi connectivity index (χ2n) is 4.85. The number of nitrogens with zero attached hydrogens (tertiary/aromatic N) is 1. The van der Waals surface area contributed by atoms with Gasteiger partial charge in [-0.25, -0.2) is 0 Å². The Morgan fingerprint density at radius 2 is 1.85 bits per heavy atom. The number of anilines is 1. The molecule has 2 nitrogen and oxygen atoms in total. The van der Waals surface area contributed by atoms with Crippen LogP contribution in [0.2, 0.25) is 0 Å². The molecular weight excluding hydrogens is 264 g/mol. The Kier molecular flexibility index (Phi) is 4.07. The first-order valence-corrected chi connectivity index (χ1v) is 7.95. The zero-order chi connectivity index (χ0) is 13.8. The number of nitrogens with one attached hydrogen (secondary N) is 1. The Morgan fingerprint density at radius 1 is 1.10 bits per heavy atom. The van der Waals surface area contributed by atoms with Gasteiger partial charge in [-0.3, -0.25) is 4.99 Å². The van der Waals surface area contributed by atoms with E-state index in [4.69, 9.17) is 4.99 Å². The van der Waals surface area contributed by atoms with Crippen LogP contribution in [0, 0.1) is 0 Å². The standard InChI is InChI=1S/C17H18N2S/c1-2-13-8-10-15(11-9-13)18-17-19-16(12-20-17)14-6-4-3-5-7-14/h3-11,16H,2,12H2,1H3,(H,18,19). The molecule has 1 aliphatic heterocycles. The molecular formula is C17H18N2S. The lowest BCUT2D eigenvalue weighted by molar-refractivity contribution is 0.849. The van der Waals surface area contributed by atoms with Gasteiger partial charge in [0.2, 0.25) is 0 Å². The fourth-order valence-corrected chi connectivity index (χ4v) is 3.21. The van der Waals surface area contributed by atoms with Crippen LogP contribution in [0.5, 0.6) is 0 Å². The second-order valence-corrected chi connectivity index (χ2v) is 5.86. The highest BCUT2D eigenvalue weighted by Gasteiger charge is 2.19. The molecule has 0 saturated carbocycles. The van der Waals surface area contributed by atoms with Gasteiger partial charge in [0, 0.05) is 11.4 Å². The topological polar surface area (TPSA) is 24.4 Å². The molecule has 1 N–H and O–H groups in total. The average molecular weight is 282 g/mol. The van der Waals surface area contributed by atoms with Crippen LogP contribution in [0.4, 0.5) is 5.69 Å². The number of thioether (sulfide) groups is 1. The fraction of sp³-hybridized carbons (Fsp3) is 0.235. The molecule has 0 aromatic heterocycles. The van der Waals surface area contributed by atoms with Crippen LogP contribution >= 0.6 is 11.8 Å². The largest absolute Gasteiger partial charge is 0.335 e. The average Bonchev–Trinajstić information content (AvgIpc) is 2.97. The minimum Gasteiger partial charge on any atom is -0.335 e. The van der Waals surface area contributed by atoms with E-state index in [1.807, 2.05) is 6.07 Å². The van der Waals surface area contributed by atoms with E-state index in [9.17, 15) is 0 Å². The van der Waals surface area contributed by atoms with Crippen LogP contribution in [0.15, 0.2) is 59.6 Å². The zero-order valence-corrected chi connectivity index (χ0v) is 12.4. The number of benzene rings is 2. The number of hydrogen-bond donors (Lipinski definition) is 1. The van der Waals surface area contributed by atoms with Crippen molar-refractivity contribution >= 4 is 22.6 Å². The quantitative estimate of drug-likeness (QED) is 0.896. The molecule has 1 atom stereocenters. The van der Waals surface area contributed by atoms with Gasteiger partial charge in [0.05, 0.1) is 6.04 Å². The Hall–Kier alpha value is -1.74. The SMILES string of the molecule is CCc1ccc(NC2=NC(c3ccccc3)CS2)cc1. The number of aryl methyl sites for hydroxylation is 1. The molecule has 0 radical (unpaired) electrons. The molecule has 20 heavy (non-hydrogen) atoms. The second kappa shape index (κ2) is 6.14. The highest BCUT2D eigenvalue weighted by Crippen LogP contribution is 2.30. The Bertz CT molecular complexity index is 590. The molecule has 1 unspecified atom stereocenters. The summed E-state index contributed by atoms with van der Waals surface area (Å²) >= 11 is 1.79. The lowest BCUT2D eigenvalue weighted by atomic mass is 10.1. The Morgan fingerprint density at radius 3 is 2.55 bits per heavy atom. The van der Waals surface area contributed by atoms with Crippen LogP contribution in [-0.2, 0) is 6.42 Å². The molecule has 1 heterocycles. The molecule has 3 rings (SSSR count). The van der Waals surface area contributed by atoms with E-state index in [0.717, 1.165) is 23.0 Å². The maximum Gasteiger partial charge on any atom is 0.161 e. The van der Waals surface area contributed by atoms with E-state index < -0.39 is 0 Å². The third kappa shape index (κ3) is 3.05. The first-order chi connectivity index (χ1) is 9.85. The van der Waals surface area contributed by atoms with Crippen molar-refractivity contribution in [2.75, 3.05) is 11.1 Å². The third-order valence-corrected chi connectivity index (χ3v) is 4.41. The first kappa shape index (κ1) is 13.3. The summed E-state index contributed by atoms with van der Waals surface area (Å²) in [6.07, 6.45) is 1.08. The summed E-state index contributed by atoms with van der Waals surface area (Å²) in [6, 6.07) is 19.3. The van der Waals surface area contributed by atoms with Crippen molar-refractivity contribution in [1.29, 1.82) is 0 Å². The summed E-state index contributed by atoms with van der Waals surface area (Å²) in [4.78, 5) is 4.76. The van der Waals surface area contributed by atoms with Gasteiger partial charge in [-0.2, -0.15) is 0 Å². The monoisotopic (exact) mass is 282 g/mol. The Labute approximate surface area is 124 Å². The van der Waals surface area contributed by atoms with Crippen LogP contribution < -0.4 is 5.32 Å². The van der Waals surface area contributed by atoms with Crippen LogP contribution in [0.3, 0.4) is 0 Å². The minimum absolute atomic E-state index is 0.276. The van der Waals surface area contributed by atoms with Crippen molar-refractivity contribution in [1.82, 2.24) is 0 Å². The predicted octanol–water partition coefficient (Wildman–Crippen LogP) is 4.51. The predicted molar refractivity (Wildman–Crippen MR) is 88.5 cm³/mol. The van der Waals surface area contributed by atoms with Crippen LogP contribution in [0.25, 0.3) is 0 Å². The van der Waals surface area contributed by atoms with Gasteiger partial charge in [0.1, 0.15) is 0 Å². The van der Waals surface area contributed by atoms with Crippen LogP contribution in [-0.4, -0.2) is 10.9 Å². The zero-order valence-electron chi connectivity index (χ0n) is 11.5. The van der Waals surface area contributed by atoms with Gasteiger partial charge in [-0.15, -0.1) is 0 Å². The molecule has 1 aliphatic rings. The maximum absolute atomic E-state index is 4.76. The molecule has 102 valence electrons. The molecule has 2 aromatic carbocycles. The third-order valence-electron chi connectivity index (χ3n) is 3.45. The number of amidine groups is 1. The first-order valence-electron chi connectivity index (χ1n) is 6.96. The van der Waals surface area contributed by atoms with Gasteiger partial charge in [-0.1, -0.05) is 61.2 Å². The van der Waals surface area contributed by atoms with Gasteiger partial charge >= 0.3 is 0 Å². The number of hydrogen-bond acceptors (Lipinski definition) is 3. The fourth-order valence-electron chi connectivity index (χ4n) is 2.24. The van der Waals surface area contributed by atoms with Gasteiger partial charge < -0.3 is 5.32 Å². The molecule has 2 aromatic rings. The summed E-state index contributed by atoms with van der Waals surface area (Å²) < 4.78 is 0. The molecule has 0 aliphatic carbocycles. The van der Waals surface area contributed by atoms with Crippen molar-refractivity contribution in [3.05, 3.63) is 65.7 Å².